The lowest BCUT2D eigenvalue weighted by molar-refractivity contribution is 0.0650. The fraction of sp³-hybridized carbons (Fsp3) is 0.385. The highest BCUT2D eigenvalue weighted by atomic mass is 16.2. The zero-order valence-electron chi connectivity index (χ0n) is 10.3. The first-order chi connectivity index (χ1) is 8.70. The zero-order valence-corrected chi connectivity index (χ0v) is 10.3. The molecule has 2 heterocycles. The number of carbonyl (C=O) groups excluding carboxylic acids is 1. The van der Waals surface area contributed by atoms with Crippen molar-refractivity contribution in [1.82, 2.24) is 14.8 Å². The number of nitrogens with zero attached hydrogens (tertiary/aromatic N) is 2. The second-order valence-electron chi connectivity index (χ2n) is 4.32. The van der Waals surface area contributed by atoms with Gasteiger partial charge in [0, 0.05) is 45.0 Å². The van der Waals surface area contributed by atoms with E-state index in [-0.39, 0.29) is 11.5 Å². The van der Waals surface area contributed by atoms with E-state index in [0.29, 0.717) is 18.7 Å². The summed E-state index contributed by atoms with van der Waals surface area (Å²) in [6.45, 7) is 7.72. The monoisotopic (exact) mass is 247 g/mol. The summed E-state index contributed by atoms with van der Waals surface area (Å²) < 4.78 is 0. The zero-order chi connectivity index (χ0) is 13.0. The van der Waals surface area contributed by atoms with Crippen molar-refractivity contribution in [3.8, 4) is 0 Å². The van der Waals surface area contributed by atoms with Gasteiger partial charge in [0.2, 0.25) is 5.56 Å². The largest absolute Gasteiger partial charge is 0.336 e. The number of nitrogens with one attached hydrogen (secondary N) is 1. The van der Waals surface area contributed by atoms with Crippen LogP contribution >= 0.6 is 0 Å². The van der Waals surface area contributed by atoms with Gasteiger partial charge in [-0.3, -0.25) is 14.5 Å². The summed E-state index contributed by atoms with van der Waals surface area (Å²) >= 11 is 0. The van der Waals surface area contributed by atoms with Gasteiger partial charge in [0.15, 0.2) is 0 Å². The summed E-state index contributed by atoms with van der Waals surface area (Å²) in [4.78, 5) is 29.7. The van der Waals surface area contributed by atoms with Gasteiger partial charge in [-0.25, -0.2) is 0 Å². The molecule has 0 spiro atoms. The van der Waals surface area contributed by atoms with Crippen LogP contribution in [-0.2, 0) is 0 Å². The predicted molar refractivity (Wildman–Crippen MR) is 69.6 cm³/mol. The van der Waals surface area contributed by atoms with Crippen molar-refractivity contribution >= 4 is 5.91 Å². The number of hydrogen-bond acceptors (Lipinski definition) is 3. The number of aromatic amines is 1. The molecule has 0 atom stereocenters. The van der Waals surface area contributed by atoms with Crippen LogP contribution in [-0.4, -0.2) is 53.4 Å². The fourth-order valence-corrected chi connectivity index (χ4v) is 2.04. The molecule has 1 N–H and O–H groups in total. The number of pyridine rings is 1. The van der Waals surface area contributed by atoms with Crippen molar-refractivity contribution in [2.45, 2.75) is 0 Å². The summed E-state index contributed by atoms with van der Waals surface area (Å²) in [5.41, 5.74) is 0.342. The summed E-state index contributed by atoms with van der Waals surface area (Å²) in [6, 6.07) is 2.94. The van der Waals surface area contributed by atoms with Crippen molar-refractivity contribution in [3.05, 3.63) is 46.9 Å². The third kappa shape index (κ3) is 2.87. The van der Waals surface area contributed by atoms with Crippen molar-refractivity contribution in [3.63, 3.8) is 0 Å². The molecule has 1 fully saturated rings. The van der Waals surface area contributed by atoms with Crippen LogP contribution in [0.1, 0.15) is 10.4 Å². The normalized spacial score (nSPS) is 16.6. The lowest BCUT2D eigenvalue weighted by atomic mass is 10.2. The molecule has 1 aromatic rings. The van der Waals surface area contributed by atoms with Crippen molar-refractivity contribution in [2.24, 2.45) is 0 Å². The summed E-state index contributed by atoms with van der Waals surface area (Å²) in [5, 5.41) is 0. The average molecular weight is 247 g/mol. The Labute approximate surface area is 106 Å². The lowest BCUT2D eigenvalue weighted by Crippen LogP contribution is -2.48. The van der Waals surface area contributed by atoms with E-state index < -0.39 is 0 Å². The molecule has 96 valence electrons. The Morgan fingerprint density at radius 1 is 1.33 bits per heavy atom. The van der Waals surface area contributed by atoms with Gasteiger partial charge < -0.3 is 9.88 Å². The average Bonchev–Trinajstić information content (AvgIpc) is 2.40. The van der Waals surface area contributed by atoms with Gasteiger partial charge in [0.25, 0.3) is 5.91 Å². The van der Waals surface area contributed by atoms with Gasteiger partial charge in [-0.2, -0.15) is 0 Å². The standard InChI is InChI=1S/C13H17N3O2/c1-2-5-15-6-8-16(9-7-15)13(18)11-3-4-12(17)14-10-11/h2-4,10H,1,5-9H2,(H,14,17). The summed E-state index contributed by atoms with van der Waals surface area (Å²) in [7, 11) is 0. The Kier molecular flexibility index (Phi) is 3.94. The molecule has 1 saturated heterocycles. The predicted octanol–water partition coefficient (Wildman–Crippen LogP) is 0.319. The van der Waals surface area contributed by atoms with Crippen LogP contribution in [0, 0.1) is 0 Å². The van der Waals surface area contributed by atoms with E-state index in [1.807, 2.05) is 11.0 Å². The fourth-order valence-electron chi connectivity index (χ4n) is 2.04. The summed E-state index contributed by atoms with van der Waals surface area (Å²) in [5.74, 6) is -0.0236. The Bertz CT molecular complexity index is 467. The molecule has 1 aromatic heterocycles. The highest BCUT2D eigenvalue weighted by Crippen LogP contribution is 2.07. The SMILES string of the molecule is C=CCN1CCN(C(=O)c2ccc(=O)[nH]c2)CC1. The van der Waals surface area contributed by atoms with E-state index in [2.05, 4.69) is 16.5 Å². The smallest absolute Gasteiger partial charge is 0.255 e. The first kappa shape index (κ1) is 12.6. The number of H-pyrrole nitrogens is 1. The first-order valence-corrected chi connectivity index (χ1v) is 6.02. The molecule has 0 aromatic carbocycles. The van der Waals surface area contributed by atoms with E-state index in [4.69, 9.17) is 0 Å². The van der Waals surface area contributed by atoms with Crippen molar-refractivity contribution in [1.29, 1.82) is 0 Å². The van der Waals surface area contributed by atoms with Gasteiger partial charge >= 0.3 is 0 Å². The van der Waals surface area contributed by atoms with Crippen LogP contribution in [0.3, 0.4) is 0 Å². The van der Waals surface area contributed by atoms with Crippen LogP contribution in [0.15, 0.2) is 35.8 Å². The van der Waals surface area contributed by atoms with E-state index >= 15 is 0 Å². The number of hydrogen-bond donors (Lipinski definition) is 1. The molecular weight excluding hydrogens is 230 g/mol. The van der Waals surface area contributed by atoms with Gasteiger partial charge in [-0.05, 0) is 6.07 Å². The molecule has 0 aliphatic carbocycles. The second-order valence-corrected chi connectivity index (χ2v) is 4.32. The van der Waals surface area contributed by atoms with E-state index in [1.165, 1.54) is 12.3 Å². The summed E-state index contributed by atoms with van der Waals surface area (Å²) in [6.07, 6.45) is 3.35. The van der Waals surface area contributed by atoms with Crippen molar-refractivity contribution in [2.75, 3.05) is 32.7 Å². The molecule has 0 radical (unpaired) electrons. The maximum atomic E-state index is 12.1. The number of rotatable bonds is 3. The quantitative estimate of drug-likeness (QED) is 0.783. The molecular formula is C13H17N3O2. The van der Waals surface area contributed by atoms with Crippen LogP contribution in [0.5, 0.6) is 0 Å². The molecule has 0 unspecified atom stereocenters. The third-order valence-corrected chi connectivity index (χ3v) is 3.08. The molecule has 2 rings (SSSR count). The minimum Gasteiger partial charge on any atom is -0.336 e. The molecule has 1 amide bonds. The topological polar surface area (TPSA) is 56.4 Å². The first-order valence-electron chi connectivity index (χ1n) is 6.02. The number of carbonyl (C=O) groups is 1. The molecule has 5 heteroatoms. The Hall–Kier alpha value is -1.88. The molecule has 0 saturated carbocycles. The van der Waals surface area contributed by atoms with Gasteiger partial charge in [-0.15, -0.1) is 6.58 Å². The van der Waals surface area contributed by atoms with Crippen LogP contribution in [0.4, 0.5) is 0 Å². The maximum Gasteiger partial charge on any atom is 0.255 e. The lowest BCUT2D eigenvalue weighted by Gasteiger charge is -2.34. The number of aromatic nitrogens is 1. The van der Waals surface area contributed by atoms with E-state index in [9.17, 15) is 9.59 Å². The second kappa shape index (κ2) is 5.64. The Morgan fingerprint density at radius 2 is 2.06 bits per heavy atom. The highest BCUT2D eigenvalue weighted by Gasteiger charge is 2.21. The van der Waals surface area contributed by atoms with E-state index in [1.54, 1.807) is 6.07 Å². The van der Waals surface area contributed by atoms with Gasteiger partial charge in [-0.1, -0.05) is 6.08 Å². The molecule has 1 aliphatic heterocycles. The minimum atomic E-state index is -0.192. The third-order valence-electron chi connectivity index (χ3n) is 3.08. The molecule has 1 aliphatic rings. The molecule has 0 bridgehead atoms. The van der Waals surface area contributed by atoms with Gasteiger partial charge in [0.05, 0.1) is 5.56 Å². The van der Waals surface area contributed by atoms with Crippen LogP contribution in [0.2, 0.25) is 0 Å². The van der Waals surface area contributed by atoms with Gasteiger partial charge in [0.1, 0.15) is 0 Å². The Morgan fingerprint density at radius 3 is 2.61 bits per heavy atom. The number of amides is 1. The van der Waals surface area contributed by atoms with Crippen molar-refractivity contribution < 1.29 is 4.79 Å². The van der Waals surface area contributed by atoms with Crippen LogP contribution < -0.4 is 5.56 Å². The number of piperazine rings is 1. The maximum absolute atomic E-state index is 12.1. The Balaban J connectivity index is 1.97. The molecule has 5 nitrogen and oxygen atoms in total. The van der Waals surface area contributed by atoms with Crippen LogP contribution in [0.25, 0.3) is 0 Å². The minimum absolute atomic E-state index is 0.0236. The molecule has 18 heavy (non-hydrogen) atoms. The highest BCUT2D eigenvalue weighted by molar-refractivity contribution is 5.93. The van der Waals surface area contributed by atoms with E-state index in [0.717, 1.165) is 19.6 Å².